The lowest BCUT2D eigenvalue weighted by Crippen LogP contribution is -2.38. The quantitative estimate of drug-likeness (QED) is 0.649. The lowest BCUT2D eigenvalue weighted by atomic mass is 10.1. The largest absolute Gasteiger partial charge is 0.480 e. The second-order valence-electron chi connectivity index (χ2n) is 2.90. The Balaban J connectivity index is 0.00000121. The van der Waals surface area contributed by atoms with E-state index in [1.165, 1.54) is 0 Å². The van der Waals surface area contributed by atoms with Crippen molar-refractivity contribution in [3.8, 4) is 0 Å². The van der Waals surface area contributed by atoms with Crippen molar-refractivity contribution in [3.63, 3.8) is 0 Å². The highest BCUT2D eigenvalue weighted by atomic mass is 35.5. The van der Waals surface area contributed by atoms with Crippen molar-refractivity contribution in [2.75, 3.05) is 19.6 Å². The van der Waals surface area contributed by atoms with Gasteiger partial charge in [0.25, 0.3) is 0 Å². The molecule has 0 aromatic carbocycles. The molecule has 1 fully saturated rings. The highest BCUT2D eigenvalue weighted by molar-refractivity contribution is 5.85. The van der Waals surface area contributed by atoms with E-state index in [1.54, 1.807) is 0 Å². The average Bonchev–Trinajstić information content (AvgIpc) is 1.93. The summed E-state index contributed by atoms with van der Waals surface area (Å²) in [6.45, 7) is 1.51. The number of nitrogens with zero attached hydrogens (tertiary/aromatic N) is 1. The minimum atomic E-state index is -0.790. The number of aliphatic hydroxyl groups is 1. The molecule has 0 aromatic heterocycles. The van der Waals surface area contributed by atoms with Crippen LogP contribution in [0.2, 0.25) is 0 Å². The molecule has 0 atom stereocenters. The minimum absolute atomic E-state index is 0. The van der Waals surface area contributed by atoms with E-state index in [-0.39, 0.29) is 25.1 Å². The van der Waals surface area contributed by atoms with Gasteiger partial charge in [-0.25, -0.2) is 0 Å². The Labute approximate surface area is 77.6 Å². The summed E-state index contributed by atoms with van der Waals surface area (Å²) in [6.07, 6.45) is 1.18. The van der Waals surface area contributed by atoms with Crippen LogP contribution in [-0.4, -0.2) is 46.8 Å². The first-order valence-electron chi connectivity index (χ1n) is 3.80. The summed E-state index contributed by atoms with van der Waals surface area (Å²) in [5.74, 6) is -0.790. The van der Waals surface area contributed by atoms with Crippen LogP contribution in [0.5, 0.6) is 0 Å². The Morgan fingerprint density at radius 3 is 2.33 bits per heavy atom. The molecule has 5 heteroatoms. The molecule has 72 valence electrons. The summed E-state index contributed by atoms with van der Waals surface area (Å²) in [4.78, 5) is 12.1. The Hall–Kier alpha value is -0.320. The van der Waals surface area contributed by atoms with E-state index in [0.29, 0.717) is 25.9 Å². The van der Waals surface area contributed by atoms with E-state index in [0.717, 1.165) is 0 Å². The second-order valence-corrected chi connectivity index (χ2v) is 2.90. The molecule has 4 nitrogen and oxygen atoms in total. The van der Waals surface area contributed by atoms with Gasteiger partial charge in [-0.3, -0.25) is 9.69 Å². The zero-order chi connectivity index (χ0) is 8.27. The number of carbonyl (C=O) groups is 1. The van der Waals surface area contributed by atoms with Crippen LogP contribution in [0.4, 0.5) is 0 Å². The molecule has 1 rings (SSSR count). The van der Waals surface area contributed by atoms with Gasteiger partial charge in [0.15, 0.2) is 0 Å². The zero-order valence-corrected chi connectivity index (χ0v) is 7.59. The van der Waals surface area contributed by atoms with E-state index in [2.05, 4.69) is 0 Å². The van der Waals surface area contributed by atoms with Crippen molar-refractivity contribution >= 4 is 18.4 Å². The lowest BCUT2D eigenvalue weighted by Gasteiger charge is -2.27. The molecule has 2 N–H and O–H groups in total. The third kappa shape index (κ3) is 3.90. The lowest BCUT2D eigenvalue weighted by molar-refractivity contribution is -0.138. The molecule has 0 bridgehead atoms. The van der Waals surface area contributed by atoms with Crippen LogP contribution in [-0.2, 0) is 4.79 Å². The Bertz CT molecular complexity index is 146. The van der Waals surface area contributed by atoms with Gasteiger partial charge >= 0.3 is 5.97 Å². The van der Waals surface area contributed by atoms with E-state index in [9.17, 15) is 4.79 Å². The molecule has 0 spiro atoms. The van der Waals surface area contributed by atoms with Gasteiger partial charge in [-0.15, -0.1) is 12.4 Å². The Morgan fingerprint density at radius 1 is 1.42 bits per heavy atom. The fourth-order valence-electron chi connectivity index (χ4n) is 1.27. The maximum Gasteiger partial charge on any atom is 0.317 e. The number of rotatable bonds is 2. The monoisotopic (exact) mass is 195 g/mol. The van der Waals surface area contributed by atoms with E-state index in [4.69, 9.17) is 10.2 Å². The number of likely N-dealkylation sites (tertiary alicyclic amines) is 1. The first-order chi connectivity index (χ1) is 5.18. The highest BCUT2D eigenvalue weighted by Crippen LogP contribution is 2.08. The molecule has 12 heavy (non-hydrogen) atoms. The Kier molecular flexibility index (Phi) is 5.20. The molecule has 0 amide bonds. The molecule has 1 aliphatic rings. The molecule has 0 saturated carbocycles. The topological polar surface area (TPSA) is 60.8 Å². The minimum Gasteiger partial charge on any atom is -0.480 e. The molecular formula is C7H14ClNO3. The third-order valence-electron chi connectivity index (χ3n) is 1.92. The van der Waals surface area contributed by atoms with Crippen molar-refractivity contribution < 1.29 is 15.0 Å². The second kappa shape index (κ2) is 5.35. The van der Waals surface area contributed by atoms with Crippen LogP contribution in [0, 0.1) is 0 Å². The van der Waals surface area contributed by atoms with Gasteiger partial charge in [0.05, 0.1) is 12.6 Å². The van der Waals surface area contributed by atoms with Crippen LogP contribution in [0.15, 0.2) is 0 Å². The van der Waals surface area contributed by atoms with Gasteiger partial charge in [0, 0.05) is 13.1 Å². The first kappa shape index (κ1) is 11.7. The summed E-state index contributed by atoms with van der Waals surface area (Å²) < 4.78 is 0. The van der Waals surface area contributed by atoms with Gasteiger partial charge < -0.3 is 10.2 Å². The number of hydrogen-bond acceptors (Lipinski definition) is 3. The third-order valence-corrected chi connectivity index (χ3v) is 1.92. The summed E-state index contributed by atoms with van der Waals surface area (Å²) in [7, 11) is 0. The predicted octanol–water partition coefficient (Wildman–Crippen LogP) is -0.0505. The van der Waals surface area contributed by atoms with Crippen molar-refractivity contribution in [3.05, 3.63) is 0 Å². The van der Waals surface area contributed by atoms with Gasteiger partial charge in [-0.05, 0) is 12.8 Å². The first-order valence-corrected chi connectivity index (χ1v) is 3.80. The summed E-state index contributed by atoms with van der Waals surface area (Å²) >= 11 is 0. The van der Waals surface area contributed by atoms with Crippen LogP contribution >= 0.6 is 12.4 Å². The SMILES string of the molecule is Cl.O=C(O)CN1CCC(O)CC1. The summed E-state index contributed by atoms with van der Waals surface area (Å²) in [5.41, 5.74) is 0. The molecule has 0 radical (unpaired) electrons. The number of piperidine rings is 1. The summed E-state index contributed by atoms with van der Waals surface area (Å²) in [6, 6.07) is 0. The predicted molar refractivity (Wildman–Crippen MR) is 46.6 cm³/mol. The molecule has 0 aromatic rings. The summed E-state index contributed by atoms with van der Waals surface area (Å²) in [5, 5.41) is 17.5. The molecular weight excluding hydrogens is 182 g/mol. The smallest absolute Gasteiger partial charge is 0.317 e. The number of carboxylic acids is 1. The maximum atomic E-state index is 10.2. The molecule has 1 saturated heterocycles. The fourth-order valence-corrected chi connectivity index (χ4v) is 1.27. The highest BCUT2D eigenvalue weighted by Gasteiger charge is 2.18. The zero-order valence-electron chi connectivity index (χ0n) is 6.77. The number of aliphatic hydroxyl groups excluding tert-OH is 1. The van der Waals surface area contributed by atoms with E-state index < -0.39 is 5.97 Å². The number of hydrogen-bond donors (Lipinski definition) is 2. The average molecular weight is 196 g/mol. The molecule has 0 unspecified atom stereocenters. The molecule has 1 aliphatic heterocycles. The van der Waals surface area contributed by atoms with E-state index in [1.807, 2.05) is 4.90 Å². The molecule has 1 heterocycles. The van der Waals surface area contributed by atoms with Crippen LogP contribution in [0.1, 0.15) is 12.8 Å². The molecule has 0 aliphatic carbocycles. The van der Waals surface area contributed by atoms with Crippen LogP contribution in [0.3, 0.4) is 0 Å². The van der Waals surface area contributed by atoms with Crippen molar-refractivity contribution in [2.45, 2.75) is 18.9 Å². The van der Waals surface area contributed by atoms with Gasteiger partial charge in [-0.1, -0.05) is 0 Å². The number of carboxylic acid groups (broad SMARTS) is 1. The number of halogens is 1. The van der Waals surface area contributed by atoms with Gasteiger partial charge in [-0.2, -0.15) is 0 Å². The van der Waals surface area contributed by atoms with Crippen molar-refractivity contribution in [1.82, 2.24) is 4.90 Å². The maximum absolute atomic E-state index is 10.2. The number of aliphatic carboxylic acids is 1. The normalized spacial score (nSPS) is 20.1. The fraction of sp³-hybridized carbons (Fsp3) is 0.857. The van der Waals surface area contributed by atoms with Crippen LogP contribution < -0.4 is 0 Å². The van der Waals surface area contributed by atoms with Crippen molar-refractivity contribution in [1.29, 1.82) is 0 Å². The Morgan fingerprint density at radius 2 is 1.92 bits per heavy atom. The van der Waals surface area contributed by atoms with Crippen molar-refractivity contribution in [2.24, 2.45) is 0 Å². The van der Waals surface area contributed by atoms with Gasteiger partial charge in [0.1, 0.15) is 0 Å². The van der Waals surface area contributed by atoms with E-state index >= 15 is 0 Å². The standard InChI is InChI=1S/C7H13NO3.ClH/c9-6-1-3-8(4-2-6)5-7(10)11;/h6,9H,1-5H2,(H,10,11);1H. The van der Waals surface area contributed by atoms with Crippen LogP contribution in [0.25, 0.3) is 0 Å². The van der Waals surface area contributed by atoms with Gasteiger partial charge in [0.2, 0.25) is 0 Å².